The fraction of sp³-hybridized carbons (Fsp3) is 0.150. The van der Waals surface area contributed by atoms with Gasteiger partial charge in [-0.25, -0.2) is 4.79 Å². The zero-order chi connectivity index (χ0) is 20.0. The molecule has 6 nitrogen and oxygen atoms in total. The van der Waals surface area contributed by atoms with Gasteiger partial charge in [-0.2, -0.15) is 0 Å². The number of benzene rings is 2. The Labute approximate surface area is 157 Å². The Kier molecular flexibility index (Phi) is 6.85. The Morgan fingerprint density at radius 3 is 2.07 bits per heavy atom. The normalized spacial score (nSPS) is 14.0. The number of carbonyl (C=O) groups excluding carboxylic acids is 3. The van der Waals surface area contributed by atoms with Gasteiger partial charge in [-0.1, -0.05) is 55.1 Å². The molecule has 0 saturated heterocycles. The fourth-order valence-electron chi connectivity index (χ4n) is 2.54. The monoisotopic (exact) mass is 386 g/mol. The van der Waals surface area contributed by atoms with Gasteiger partial charge in [0.2, 0.25) is 5.52 Å². The van der Waals surface area contributed by atoms with E-state index >= 15 is 0 Å². The molecule has 0 N–H and O–H groups in total. The summed E-state index contributed by atoms with van der Waals surface area (Å²) < 4.78 is 20.6. The number of fused-ring (bicyclic) bond motifs is 3. The SMILES string of the molecule is C=C(CC(=O)OC)C(=O)OC.O=C1c2ccccc2-c2ccccc2[PH]1=O. The van der Waals surface area contributed by atoms with Crippen LogP contribution in [0.3, 0.4) is 0 Å². The van der Waals surface area contributed by atoms with Gasteiger partial charge in [0.25, 0.3) is 0 Å². The van der Waals surface area contributed by atoms with E-state index in [-0.39, 0.29) is 17.5 Å². The van der Waals surface area contributed by atoms with Gasteiger partial charge < -0.3 is 14.0 Å². The van der Waals surface area contributed by atoms with Gasteiger partial charge in [-0.05, 0) is 11.1 Å². The molecule has 1 heterocycles. The van der Waals surface area contributed by atoms with Crippen molar-refractivity contribution in [3.8, 4) is 11.1 Å². The van der Waals surface area contributed by atoms with E-state index in [4.69, 9.17) is 0 Å². The third-order valence-electron chi connectivity index (χ3n) is 3.90. The van der Waals surface area contributed by atoms with Crippen molar-refractivity contribution in [1.82, 2.24) is 0 Å². The van der Waals surface area contributed by atoms with Crippen LogP contribution in [0, 0.1) is 0 Å². The molecule has 1 atom stereocenters. The molecule has 0 radical (unpaired) electrons. The predicted octanol–water partition coefficient (Wildman–Crippen LogP) is 2.97. The number of methoxy groups -OCH3 is 2. The maximum Gasteiger partial charge on any atom is 0.333 e. The van der Waals surface area contributed by atoms with Crippen LogP contribution in [0.1, 0.15) is 16.8 Å². The molecule has 0 aromatic heterocycles. The minimum Gasteiger partial charge on any atom is -0.469 e. The third kappa shape index (κ3) is 4.60. The second-order valence-electron chi connectivity index (χ2n) is 5.60. The average Bonchev–Trinajstić information content (AvgIpc) is 2.71. The molecule has 1 aliphatic rings. The van der Waals surface area contributed by atoms with Gasteiger partial charge in [-0.15, -0.1) is 0 Å². The van der Waals surface area contributed by atoms with E-state index in [2.05, 4.69) is 16.1 Å². The van der Waals surface area contributed by atoms with Crippen molar-refractivity contribution in [3.05, 3.63) is 66.2 Å². The molecule has 2 aromatic rings. The summed E-state index contributed by atoms with van der Waals surface area (Å²) in [5.41, 5.74) is 2.29. The Balaban J connectivity index is 0.000000211. The van der Waals surface area contributed by atoms with Gasteiger partial charge in [0.05, 0.1) is 20.6 Å². The summed E-state index contributed by atoms with van der Waals surface area (Å²) in [5, 5.41) is 0.691. The van der Waals surface area contributed by atoms with E-state index in [1.54, 1.807) is 18.2 Å². The topological polar surface area (TPSA) is 86.7 Å². The van der Waals surface area contributed by atoms with Crippen LogP contribution >= 0.6 is 7.80 Å². The van der Waals surface area contributed by atoms with Crippen LogP contribution in [-0.2, 0) is 23.6 Å². The van der Waals surface area contributed by atoms with Gasteiger partial charge in [0.15, 0.2) is 7.80 Å². The van der Waals surface area contributed by atoms with Gasteiger partial charge in [0, 0.05) is 16.4 Å². The van der Waals surface area contributed by atoms with Crippen LogP contribution in [0.15, 0.2) is 60.7 Å². The lowest BCUT2D eigenvalue weighted by Crippen LogP contribution is -2.14. The highest BCUT2D eigenvalue weighted by Gasteiger charge is 2.27. The standard InChI is InChI=1S/C13H9O2P.C7H10O4/c14-13-11-7-2-1-5-9(11)10-6-3-4-8-12(10)16(13)15;1-5(7(9)11-3)4-6(8)10-2/h1-8,16H;1,4H2,2-3H3. The quantitative estimate of drug-likeness (QED) is 0.458. The van der Waals surface area contributed by atoms with Crippen molar-refractivity contribution in [3.63, 3.8) is 0 Å². The first-order valence-electron chi connectivity index (χ1n) is 8.01. The smallest absolute Gasteiger partial charge is 0.333 e. The molecule has 1 unspecified atom stereocenters. The van der Waals surface area contributed by atoms with Crippen molar-refractivity contribution in [2.75, 3.05) is 14.2 Å². The van der Waals surface area contributed by atoms with Crippen LogP contribution in [-0.4, -0.2) is 31.7 Å². The Bertz CT molecular complexity index is 876. The summed E-state index contributed by atoms with van der Waals surface area (Å²) in [5.74, 6) is -1.09. The highest BCUT2D eigenvalue weighted by atomic mass is 31.1. The lowest BCUT2D eigenvalue weighted by Gasteiger charge is -2.17. The summed E-state index contributed by atoms with van der Waals surface area (Å²) in [6.07, 6.45) is -0.122. The van der Waals surface area contributed by atoms with Crippen LogP contribution in [0.5, 0.6) is 0 Å². The molecule has 0 amide bonds. The van der Waals surface area contributed by atoms with Gasteiger partial charge in [-0.3, -0.25) is 9.59 Å². The van der Waals surface area contributed by atoms with E-state index in [9.17, 15) is 18.9 Å². The molecule has 140 valence electrons. The van der Waals surface area contributed by atoms with Crippen molar-refractivity contribution in [1.29, 1.82) is 0 Å². The third-order valence-corrected chi connectivity index (χ3v) is 5.51. The number of hydrogen-bond acceptors (Lipinski definition) is 6. The summed E-state index contributed by atoms with van der Waals surface area (Å²) >= 11 is 0. The molecule has 0 saturated carbocycles. The van der Waals surface area contributed by atoms with E-state index < -0.39 is 19.7 Å². The minimum atomic E-state index is -2.33. The van der Waals surface area contributed by atoms with E-state index in [0.717, 1.165) is 11.1 Å². The molecule has 0 bridgehead atoms. The number of carbonyl (C=O) groups is 3. The first-order valence-corrected chi connectivity index (χ1v) is 9.41. The Hall–Kier alpha value is -2.98. The average molecular weight is 386 g/mol. The van der Waals surface area contributed by atoms with Gasteiger partial charge >= 0.3 is 11.9 Å². The summed E-state index contributed by atoms with van der Waals surface area (Å²) in [6.45, 7) is 3.34. The lowest BCUT2D eigenvalue weighted by atomic mass is 10.00. The van der Waals surface area contributed by atoms with E-state index in [1.165, 1.54) is 14.2 Å². The molecular weight excluding hydrogens is 367 g/mol. The molecular formula is C20H19O6P. The van der Waals surface area contributed by atoms with Crippen LogP contribution in [0.4, 0.5) is 0 Å². The number of ether oxygens (including phenoxy) is 2. The molecule has 7 heteroatoms. The van der Waals surface area contributed by atoms with Crippen LogP contribution in [0.25, 0.3) is 11.1 Å². The first kappa shape index (κ1) is 20.3. The van der Waals surface area contributed by atoms with Crippen molar-refractivity contribution in [2.24, 2.45) is 0 Å². The fourth-order valence-corrected chi connectivity index (χ4v) is 3.96. The Morgan fingerprint density at radius 1 is 0.926 bits per heavy atom. The second-order valence-corrected chi connectivity index (χ2v) is 7.25. The molecule has 3 rings (SSSR count). The molecule has 0 fully saturated rings. The molecule has 2 aromatic carbocycles. The largest absolute Gasteiger partial charge is 0.469 e. The van der Waals surface area contributed by atoms with Crippen LogP contribution in [0.2, 0.25) is 0 Å². The lowest BCUT2D eigenvalue weighted by molar-refractivity contribution is -0.143. The van der Waals surface area contributed by atoms with Crippen molar-refractivity contribution in [2.45, 2.75) is 6.42 Å². The van der Waals surface area contributed by atoms with E-state index in [0.29, 0.717) is 10.9 Å². The number of rotatable bonds is 3. The summed E-state index contributed by atoms with van der Waals surface area (Å²) in [4.78, 5) is 33.1. The maximum absolute atomic E-state index is 12.0. The molecule has 0 spiro atoms. The highest BCUT2D eigenvalue weighted by Crippen LogP contribution is 2.39. The zero-order valence-electron chi connectivity index (χ0n) is 15.0. The molecule has 27 heavy (non-hydrogen) atoms. The van der Waals surface area contributed by atoms with Crippen molar-refractivity contribution < 1.29 is 28.4 Å². The number of esters is 2. The second kappa shape index (κ2) is 9.10. The first-order chi connectivity index (χ1) is 12.9. The minimum absolute atomic E-state index is 0.0966. The Morgan fingerprint density at radius 2 is 1.48 bits per heavy atom. The van der Waals surface area contributed by atoms with E-state index in [1.807, 2.05) is 30.3 Å². The summed E-state index contributed by atoms with van der Waals surface area (Å²) in [7, 11) is 0.142. The predicted molar refractivity (Wildman–Crippen MR) is 103 cm³/mol. The highest BCUT2D eigenvalue weighted by molar-refractivity contribution is 7.72. The van der Waals surface area contributed by atoms with Crippen molar-refractivity contribution >= 4 is 30.6 Å². The van der Waals surface area contributed by atoms with Crippen LogP contribution < -0.4 is 5.30 Å². The molecule has 1 aliphatic heterocycles. The zero-order valence-corrected chi connectivity index (χ0v) is 16.0. The van der Waals surface area contributed by atoms with Gasteiger partial charge in [0.1, 0.15) is 0 Å². The maximum atomic E-state index is 12.0. The summed E-state index contributed by atoms with van der Waals surface area (Å²) in [6, 6.07) is 14.8. The number of hydrogen-bond donors (Lipinski definition) is 0. The molecule has 0 aliphatic carbocycles.